The first-order chi connectivity index (χ1) is 10.2. The molecule has 1 heterocycles. The summed E-state index contributed by atoms with van der Waals surface area (Å²) in [6.07, 6.45) is 2.79. The number of hydrogen-bond acceptors (Lipinski definition) is 3. The molecule has 4 nitrogen and oxygen atoms in total. The molecule has 1 aliphatic heterocycles. The molecular formula is C16H24ClN3O. The summed E-state index contributed by atoms with van der Waals surface area (Å²) >= 11 is 6.05. The Morgan fingerprint density at radius 3 is 2.90 bits per heavy atom. The molecular weight excluding hydrogens is 286 g/mol. The molecule has 0 radical (unpaired) electrons. The molecule has 2 N–H and O–H groups in total. The normalized spacial score (nSPS) is 18.1. The van der Waals surface area contributed by atoms with Crippen LogP contribution in [0.4, 0.5) is 5.69 Å². The monoisotopic (exact) mass is 309 g/mol. The van der Waals surface area contributed by atoms with Crippen LogP contribution in [-0.2, 0) is 4.79 Å². The highest BCUT2D eigenvalue weighted by Crippen LogP contribution is 2.20. The minimum atomic E-state index is 0.0233. The number of carbonyl (C=O) groups excluding carboxylic acids is 1. The summed E-state index contributed by atoms with van der Waals surface area (Å²) in [6, 6.07) is 7.90. The molecule has 116 valence electrons. The van der Waals surface area contributed by atoms with E-state index in [2.05, 4.69) is 22.5 Å². The largest absolute Gasteiger partial charge is 0.325 e. The third-order valence-corrected chi connectivity index (χ3v) is 4.17. The molecule has 1 atom stereocenters. The van der Waals surface area contributed by atoms with Gasteiger partial charge in [-0.3, -0.25) is 9.69 Å². The summed E-state index contributed by atoms with van der Waals surface area (Å²) in [7, 11) is 0. The first kappa shape index (κ1) is 16.3. The van der Waals surface area contributed by atoms with Gasteiger partial charge in [-0.15, -0.1) is 0 Å². The van der Waals surface area contributed by atoms with Crippen LogP contribution in [0.3, 0.4) is 0 Å². The molecule has 0 bridgehead atoms. The van der Waals surface area contributed by atoms with Gasteiger partial charge in [-0.2, -0.15) is 0 Å². The average molecular weight is 310 g/mol. The summed E-state index contributed by atoms with van der Waals surface area (Å²) < 4.78 is 0. The number of nitrogens with one attached hydrogen (secondary N) is 2. The van der Waals surface area contributed by atoms with Gasteiger partial charge >= 0.3 is 0 Å². The van der Waals surface area contributed by atoms with E-state index in [0.717, 1.165) is 32.6 Å². The lowest BCUT2D eigenvalue weighted by atomic mass is 10.2. The minimum Gasteiger partial charge on any atom is -0.325 e. The Morgan fingerprint density at radius 1 is 1.43 bits per heavy atom. The number of rotatable bonds is 7. The summed E-state index contributed by atoms with van der Waals surface area (Å²) in [5, 5.41) is 6.85. The molecule has 1 aromatic carbocycles. The second-order valence-electron chi connectivity index (χ2n) is 5.46. The second-order valence-corrected chi connectivity index (χ2v) is 5.87. The van der Waals surface area contributed by atoms with Crippen LogP contribution in [0, 0.1) is 0 Å². The number of anilines is 1. The number of halogens is 1. The SMILES string of the molecule is CCCN(CCC(=O)Nc1ccccc1Cl)C1CCNC1. The van der Waals surface area contributed by atoms with Crippen molar-refractivity contribution in [3.63, 3.8) is 0 Å². The van der Waals surface area contributed by atoms with E-state index < -0.39 is 0 Å². The van der Waals surface area contributed by atoms with Gasteiger partial charge in [-0.1, -0.05) is 30.7 Å². The molecule has 21 heavy (non-hydrogen) atoms. The van der Waals surface area contributed by atoms with E-state index in [-0.39, 0.29) is 5.91 Å². The van der Waals surface area contributed by atoms with Gasteiger partial charge in [-0.25, -0.2) is 0 Å². The number of hydrogen-bond donors (Lipinski definition) is 2. The minimum absolute atomic E-state index is 0.0233. The van der Waals surface area contributed by atoms with E-state index in [4.69, 9.17) is 11.6 Å². The first-order valence-corrected chi connectivity index (χ1v) is 8.07. The molecule has 1 saturated heterocycles. The molecule has 0 aliphatic carbocycles. The zero-order chi connectivity index (χ0) is 15.1. The smallest absolute Gasteiger partial charge is 0.225 e. The predicted octanol–water partition coefficient (Wildman–Crippen LogP) is 2.74. The summed E-state index contributed by atoms with van der Waals surface area (Å²) in [5.41, 5.74) is 0.689. The number of carbonyl (C=O) groups is 1. The number of benzene rings is 1. The molecule has 1 amide bonds. The Kier molecular flexibility index (Phi) is 6.49. The van der Waals surface area contributed by atoms with Gasteiger partial charge in [-0.05, 0) is 38.1 Å². The maximum atomic E-state index is 12.1. The topological polar surface area (TPSA) is 44.4 Å². The highest BCUT2D eigenvalue weighted by atomic mass is 35.5. The Labute approximate surface area is 131 Å². The number of amides is 1. The molecule has 0 saturated carbocycles. The van der Waals surface area contributed by atoms with Crippen molar-refractivity contribution in [3.05, 3.63) is 29.3 Å². The molecule has 5 heteroatoms. The summed E-state index contributed by atoms with van der Waals surface area (Å²) in [5.74, 6) is 0.0233. The Bertz CT molecular complexity index is 461. The van der Waals surface area contributed by atoms with Crippen LogP contribution in [0.25, 0.3) is 0 Å². The van der Waals surface area contributed by atoms with Crippen LogP contribution in [0.15, 0.2) is 24.3 Å². The Hall–Kier alpha value is -1.10. The number of para-hydroxylation sites is 1. The predicted molar refractivity (Wildman–Crippen MR) is 87.8 cm³/mol. The van der Waals surface area contributed by atoms with E-state index in [1.54, 1.807) is 6.07 Å². The van der Waals surface area contributed by atoms with Crippen molar-refractivity contribution < 1.29 is 4.79 Å². The van der Waals surface area contributed by atoms with Gasteiger partial charge in [0.1, 0.15) is 0 Å². The molecule has 1 aromatic rings. The van der Waals surface area contributed by atoms with Gasteiger partial charge in [0.15, 0.2) is 0 Å². The maximum absolute atomic E-state index is 12.1. The van der Waals surface area contributed by atoms with E-state index in [1.165, 1.54) is 6.42 Å². The lowest BCUT2D eigenvalue weighted by Gasteiger charge is -2.27. The van der Waals surface area contributed by atoms with Crippen molar-refractivity contribution in [2.45, 2.75) is 32.2 Å². The molecule has 1 fully saturated rings. The maximum Gasteiger partial charge on any atom is 0.225 e. The third kappa shape index (κ3) is 4.99. The Morgan fingerprint density at radius 2 is 2.24 bits per heavy atom. The van der Waals surface area contributed by atoms with E-state index in [1.807, 2.05) is 18.2 Å². The second kappa shape index (κ2) is 8.37. The highest BCUT2D eigenvalue weighted by Gasteiger charge is 2.22. The molecule has 1 unspecified atom stereocenters. The van der Waals surface area contributed by atoms with Crippen LogP contribution in [0.1, 0.15) is 26.2 Å². The van der Waals surface area contributed by atoms with E-state index >= 15 is 0 Å². The van der Waals surface area contributed by atoms with Crippen LogP contribution in [0.2, 0.25) is 5.02 Å². The lowest BCUT2D eigenvalue weighted by molar-refractivity contribution is -0.116. The molecule has 2 rings (SSSR count). The van der Waals surface area contributed by atoms with E-state index in [9.17, 15) is 4.79 Å². The van der Waals surface area contributed by atoms with Crippen molar-refractivity contribution in [3.8, 4) is 0 Å². The van der Waals surface area contributed by atoms with Gasteiger partial charge in [0.05, 0.1) is 10.7 Å². The number of nitrogens with zero attached hydrogens (tertiary/aromatic N) is 1. The third-order valence-electron chi connectivity index (χ3n) is 3.84. The lowest BCUT2D eigenvalue weighted by Crippen LogP contribution is -2.39. The summed E-state index contributed by atoms with van der Waals surface area (Å²) in [6.45, 7) is 6.14. The Balaban J connectivity index is 1.82. The molecule has 0 spiro atoms. The average Bonchev–Trinajstić information content (AvgIpc) is 3.00. The standard InChI is InChI=1S/C16H24ClN3O/c1-2-10-20(13-7-9-18-12-13)11-8-16(21)19-15-6-4-3-5-14(15)17/h3-6,13,18H,2,7-12H2,1H3,(H,19,21). The highest BCUT2D eigenvalue weighted by molar-refractivity contribution is 6.33. The fourth-order valence-electron chi connectivity index (χ4n) is 2.74. The molecule has 1 aliphatic rings. The first-order valence-electron chi connectivity index (χ1n) is 7.70. The van der Waals surface area contributed by atoms with E-state index in [0.29, 0.717) is 23.2 Å². The van der Waals surface area contributed by atoms with Gasteiger partial charge in [0, 0.05) is 25.6 Å². The zero-order valence-electron chi connectivity index (χ0n) is 12.6. The zero-order valence-corrected chi connectivity index (χ0v) is 13.3. The van der Waals surface area contributed by atoms with Crippen molar-refractivity contribution >= 4 is 23.2 Å². The van der Waals surface area contributed by atoms with Crippen molar-refractivity contribution in [1.82, 2.24) is 10.2 Å². The molecule has 0 aromatic heterocycles. The van der Waals surface area contributed by atoms with Crippen molar-refractivity contribution in [2.24, 2.45) is 0 Å². The van der Waals surface area contributed by atoms with Crippen LogP contribution in [-0.4, -0.2) is 43.0 Å². The van der Waals surface area contributed by atoms with Gasteiger partial charge < -0.3 is 10.6 Å². The fraction of sp³-hybridized carbons (Fsp3) is 0.562. The van der Waals surface area contributed by atoms with Gasteiger partial charge in [0.25, 0.3) is 0 Å². The van der Waals surface area contributed by atoms with Crippen LogP contribution < -0.4 is 10.6 Å². The van der Waals surface area contributed by atoms with Gasteiger partial charge in [0.2, 0.25) is 5.91 Å². The van der Waals surface area contributed by atoms with Crippen molar-refractivity contribution in [1.29, 1.82) is 0 Å². The van der Waals surface area contributed by atoms with Crippen LogP contribution in [0.5, 0.6) is 0 Å². The van der Waals surface area contributed by atoms with Crippen molar-refractivity contribution in [2.75, 3.05) is 31.5 Å². The fourth-order valence-corrected chi connectivity index (χ4v) is 2.92. The summed E-state index contributed by atoms with van der Waals surface area (Å²) in [4.78, 5) is 14.5. The quantitative estimate of drug-likeness (QED) is 0.814. The van der Waals surface area contributed by atoms with Crippen LogP contribution >= 0.6 is 11.6 Å².